The second-order valence-electron chi connectivity index (χ2n) is 4.78. The highest BCUT2D eigenvalue weighted by atomic mass is 16.6. The number of hydrogen-bond donors (Lipinski definition) is 1. The average molecular weight is 247 g/mol. The Balaban J connectivity index is 2.87. The van der Waals surface area contributed by atoms with Gasteiger partial charge in [0.1, 0.15) is 11.6 Å². The van der Waals surface area contributed by atoms with Crippen LogP contribution in [-0.2, 0) is 0 Å². The van der Waals surface area contributed by atoms with Crippen molar-refractivity contribution in [3.63, 3.8) is 0 Å². The van der Waals surface area contributed by atoms with E-state index in [4.69, 9.17) is 5.26 Å². The van der Waals surface area contributed by atoms with E-state index in [1.165, 1.54) is 12.1 Å². The Kier molecular flexibility index (Phi) is 4.67. The molecule has 0 saturated carbocycles. The molecule has 0 aliphatic heterocycles. The Hall–Kier alpha value is -2.09. The zero-order valence-electron chi connectivity index (χ0n) is 10.8. The van der Waals surface area contributed by atoms with E-state index in [0.29, 0.717) is 5.92 Å². The zero-order chi connectivity index (χ0) is 13.7. The third-order valence-corrected chi connectivity index (χ3v) is 2.55. The van der Waals surface area contributed by atoms with E-state index in [2.05, 4.69) is 19.2 Å². The SMILES string of the molecule is CC(C)CC(C)Nc1ccc([N+](=O)[O-])c(C#N)c1. The van der Waals surface area contributed by atoms with Crippen molar-refractivity contribution in [1.29, 1.82) is 5.26 Å². The summed E-state index contributed by atoms with van der Waals surface area (Å²) < 4.78 is 0. The third kappa shape index (κ3) is 3.74. The first kappa shape index (κ1) is 14.0. The smallest absolute Gasteiger partial charge is 0.287 e. The van der Waals surface area contributed by atoms with E-state index < -0.39 is 4.92 Å². The second-order valence-corrected chi connectivity index (χ2v) is 4.78. The summed E-state index contributed by atoms with van der Waals surface area (Å²) >= 11 is 0. The van der Waals surface area contributed by atoms with Gasteiger partial charge in [0.25, 0.3) is 5.69 Å². The van der Waals surface area contributed by atoms with Crippen molar-refractivity contribution in [2.75, 3.05) is 5.32 Å². The average Bonchev–Trinajstić information content (AvgIpc) is 2.27. The van der Waals surface area contributed by atoms with Crippen LogP contribution in [0.15, 0.2) is 18.2 Å². The van der Waals surface area contributed by atoms with Crippen molar-refractivity contribution < 1.29 is 4.92 Å². The van der Waals surface area contributed by atoms with E-state index in [0.717, 1.165) is 12.1 Å². The maximum atomic E-state index is 10.7. The molecule has 1 unspecified atom stereocenters. The Morgan fingerprint density at radius 2 is 2.11 bits per heavy atom. The molecular formula is C13H17N3O2. The van der Waals surface area contributed by atoms with Crippen LogP contribution in [0.5, 0.6) is 0 Å². The molecule has 1 aromatic carbocycles. The van der Waals surface area contributed by atoms with Crippen molar-refractivity contribution in [1.82, 2.24) is 0 Å². The van der Waals surface area contributed by atoms with Crippen molar-refractivity contribution in [2.45, 2.75) is 33.2 Å². The second kappa shape index (κ2) is 6.01. The lowest BCUT2D eigenvalue weighted by Gasteiger charge is -2.17. The Morgan fingerprint density at radius 3 is 2.61 bits per heavy atom. The monoisotopic (exact) mass is 247 g/mol. The lowest BCUT2D eigenvalue weighted by molar-refractivity contribution is -0.385. The van der Waals surface area contributed by atoms with Gasteiger partial charge in [0.05, 0.1) is 4.92 Å². The van der Waals surface area contributed by atoms with E-state index in [9.17, 15) is 10.1 Å². The summed E-state index contributed by atoms with van der Waals surface area (Å²) in [7, 11) is 0. The van der Waals surface area contributed by atoms with Gasteiger partial charge < -0.3 is 5.32 Å². The van der Waals surface area contributed by atoms with Gasteiger partial charge in [0.2, 0.25) is 0 Å². The molecule has 0 radical (unpaired) electrons. The van der Waals surface area contributed by atoms with Gasteiger partial charge in [-0.05, 0) is 31.4 Å². The van der Waals surface area contributed by atoms with Gasteiger partial charge in [-0.15, -0.1) is 0 Å². The summed E-state index contributed by atoms with van der Waals surface area (Å²) in [5.41, 5.74) is 0.673. The molecule has 0 saturated heterocycles. The van der Waals surface area contributed by atoms with E-state index >= 15 is 0 Å². The summed E-state index contributed by atoms with van der Waals surface area (Å²) in [6, 6.07) is 6.63. The molecule has 0 fully saturated rings. The van der Waals surface area contributed by atoms with Gasteiger partial charge in [-0.1, -0.05) is 13.8 Å². The first-order chi connectivity index (χ1) is 8.43. The molecule has 0 amide bonds. The van der Waals surface area contributed by atoms with Crippen LogP contribution in [0.3, 0.4) is 0 Å². The highest BCUT2D eigenvalue weighted by Gasteiger charge is 2.14. The predicted molar refractivity (Wildman–Crippen MR) is 70.4 cm³/mol. The van der Waals surface area contributed by atoms with Gasteiger partial charge >= 0.3 is 0 Å². The van der Waals surface area contributed by atoms with Crippen molar-refractivity contribution in [2.24, 2.45) is 5.92 Å². The minimum atomic E-state index is -0.542. The molecule has 0 aliphatic carbocycles. The van der Waals surface area contributed by atoms with Crippen LogP contribution in [0.1, 0.15) is 32.8 Å². The summed E-state index contributed by atoms with van der Waals surface area (Å²) in [5.74, 6) is 0.570. The predicted octanol–water partition coefficient (Wildman–Crippen LogP) is 3.31. The fourth-order valence-electron chi connectivity index (χ4n) is 1.93. The highest BCUT2D eigenvalue weighted by molar-refractivity contribution is 5.58. The normalized spacial score (nSPS) is 11.9. The molecule has 1 aromatic rings. The number of nitrogens with zero attached hydrogens (tertiary/aromatic N) is 2. The van der Waals surface area contributed by atoms with Crippen LogP contribution < -0.4 is 5.32 Å². The summed E-state index contributed by atoms with van der Waals surface area (Å²) in [5, 5.41) is 22.8. The van der Waals surface area contributed by atoms with Crippen LogP contribution in [-0.4, -0.2) is 11.0 Å². The molecular weight excluding hydrogens is 230 g/mol. The number of hydrogen-bond acceptors (Lipinski definition) is 4. The molecule has 18 heavy (non-hydrogen) atoms. The quantitative estimate of drug-likeness (QED) is 0.639. The number of benzene rings is 1. The Morgan fingerprint density at radius 1 is 1.44 bits per heavy atom. The van der Waals surface area contributed by atoms with Crippen LogP contribution in [0.2, 0.25) is 0 Å². The van der Waals surface area contributed by atoms with Gasteiger partial charge in [0.15, 0.2) is 0 Å². The highest BCUT2D eigenvalue weighted by Crippen LogP contribution is 2.22. The molecule has 0 bridgehead atoms. The van der Waals surface area contributed by atoms with Crippen LogP contribution in [0, 0.1) is 27.4 Å². The molecule has 96 valence electrons. The largest absolute Gasteiger partial charge is 0.383 e. The molecule has 1 rings (SSSR count). The maximum Gasteiger partial charge on any atom is 0.287 e. The molecule has 5 heteroatoms. The number of rotatable bonds is 5. The van der Waals surface area contributed by atoms with E-state index in [-0.39, 0.29) is 17.3 Å². The molecule has 0 aliphatic rings. The van der Waals surface area contributed by atoms with E-state index in [1.807, 2.05) is 13.0 Å². The molecule has 0 spiro atoms. The molecule has 5 nitrogen and oxygen atoms in total. The number of nitrogens with one attached hydrogen (secondary N) is 1. The minimum Gasteiger partial charge on any atom is -0.383 e. The molecule has 1 atom stereocenters. The summed E-state index contributed by atoms with van der Waals surface area (Å²) in [6.07, 6.45) is 0.999. The topological polar surface area (TPSA) is 79.0 Å². The van der Waals surface area contributed by atoms with Gasteiger partial charge in [-0.3, -0.25) is 10.1 Å². The molecule has 0 heterocycles. The number of nitro benzene ring substituents is 1. The van der Waals surface area contributed by atoms with Gasteiger partial charge in [-0.25, -0.2) is 0 Å². The van der Waals surface area contributed by atoms with Gasteiger partial charge in [0, 0.05) is 17.8 Å². The lowest BCUT2D eigenvalue weighted by atomic mass is 10.0. The fourth-order valence-corrected chi connectivity index (χ4v) is 1.93. The summed E-state index contributed by atoms with van der Waals surface area (Å²) in [6.45, 7) is 6.32. The lowest BCUT2D eigenvalue weighted by Crippen LogP contribution is -2.17. The molecule has 1 N–H and O–H groups in total. The molecule has 0 aromatic heterocycles. The number of anilines is 1. The summed E-state index contributed by atoms with van der Waals surface area (Å²) in [4.78, 5) is 10.2. The third-order valence-electron chi connectivity index (χ3n) is 2.55. The van der Waals surface area contributed by atoms with Crippen molar-refractivity contribution >= 4 is 11.4 Å². The zero-order valence-corrected chi connectivity index (χ0v) is 10.8. The minimum absolute atomic E-state index is 0.0850. The Labute approximate surface area is 107 Å². The van der Waals surface area contributed by atoms with Crippen LogP contribution in [0.4, 0.5) is 11.4 Å². The van der Waals surface area contributed by atoms with Crippen molar-refractivity contribution in [3.05, 3.63) is 33.9 Å². The van der Waals surface area contributed by atoms with E-state index in [1.54, 1.807) is 6.07 Å². The first-order valence-corrected chi connectivity index (χ1v) is 5.89. The van der Waals surface area contributed by atoms with Gasteiger partial charge in [-0.2, -0.15) is 5.26 Å². The van der Waals surface area contributed by atoms with Crippen LogP contribution in [0.25, 0.3) is 0 Å². The Bertz CT molecular complexity index is 478. The number of nitriles is 1. The fraction of sp³-hybridized carbons (Fsp3) is 0.462. The maximum absolute atomic E-state index is 10.7. The van der Waals surface area contributed by atoms with Crippen molar-refractivity contribution in [3.8, 4) is 6.07 Å². The number of nitro groups is 1. The van der Waals surface area contributed by atoms with Crippen LogP contribution >= 0.6 is 0 Å². The first-order valence-electron chi connectivity index (χ1n) is 5.89. The standard InChI is InChI=1S/C13H17N3O2/c1-9(2)6-10(3)15-12-4-5-13(16(17)18)11(7-12)8-14/h4-5,7,9-10,15H,6H2,1-3H3.